The SMILES string of the molecule is O=C(C=C(c1ccccc1)c1ccccc1)Nc1ccc(Cl)cc1. The molecule has 0 heterocycles. The maximum Gasteiger partial charge on any atom is 0.249 e. The second-order valence-corrected chi connectivity index (χ2v) is 5.72. The molecule has 0 aliphatic carbocycles. The Bertz CT molecular complexity index is 799. The highest BCUT2D eigenvalue weighted by Crippen LogP contribution is 2.23. The van der Waals surface area contributed by atoms with Crippen LogP contribution in [-0.2, 0) is 4.79 Å². The Kier molecular flexibility index (Phi) is 5.09. The summed E-state index contributed by atoms with van der Waals surface area (Å²) in [5.74, 6) is -0.181. The van der Waals surface area contributed by atoms with Gasteiger partial charge in [0.15, 0.2) is 0 Å². The zero-order valence-electron chi connectivity index (χ0n) is 12.9. The lowest BCUT2D eigenvalue weighted by Gasteiger charge is -2.09. The predicted octanol–water partition coefficient (Wildman–Crippen LogP) is 5.41. The van der Waals surface area contributed by atoms with Crippen molar-refractivity contribution < 1.29 is 4.79 Å². The highest BCUT2D eigenvalue weighted by molar-refractivity contribution is 6.30. The molecule has 0 atom stereocenters. The van der Waals surface area contributed by atoms with Gasteiger partial charge < -0.3 is 5.32 Å². The van der Waals surface area contributed by atoms with Crippen molar-refractivity contribution in [2.24, 2.45) is 0 Å². The molecule has 0 aliphatic heterocycles. The van der Waals surface area contributed by atoms with Crippen molar-refractivity contribution in [2.45, 2.75) is 0 Å². The topological polar surface area (TPSA) is 29.1 Å². The Hall–Kier alpha value is -2.84. The van der Waals surface area contributed by atoms with Crippen LogP contribution in [0, 0.1) is 0 Å². The molecule has 0 aliphatic rings. The average Bonchev–Trinajstić information content (AvgIpc) is 2.63. The summed E-state index contributed by atoms with van der Waals surface area (Å²) in [5.41, 5.74) is 3.58. The number of amides is 1. The van der Waals surface area contributed by atoms with Gasteiger partial charge >= 0.3 is 0 Å². The number of hydrogen-bond donors (Lipinski definition) is 1. The Morgan fingerprint density at radius 2 is 1.25 bits per heavy atom. The van der Waals surface area contributed by atoms with Crippen molar-refractivity contribution >= 4 is 28.8 Å². The van der Waals surface area contributed by atoms with E-state index in [1.54, 1.807) is 30.3 Å². The van der Waals surface area contributed by atoms with Crippen LogP contribution in [0.4, 0.5) is 5.69 Å². The van der Waals surface area contributed by atoms with Crippen molar-refractivity contribution in [1.82, 2.24) is 0 Å². The molecular formula is C21H16ClNO. The first kappa shape index (κ1) is 16.0. The van der Waals surface area contributed by atoms with Crippen molar-refractivity contribution in [1.29, 1.82) is 0 Å². The third-order valence-corrected chi connectivity index (χ3v) is 3.81. The van der Waals surface area contributed by atoms with Crippen LogP contribution in [0.5, 0.6) is 0 Å². The monoisotopic (exact) mass is 333 g/mol. The standard InChI is InChI=1S/C21H16ClNO/c22-18-11-13-19(14-12-18)23-21(24)15-20(16-7-3-1-4-8-16)17-9-5-2-6-10-17/h1-15H,(H,23,24). The molecule has 3 heteroatoms. The van der Waals surface area contributed by atoms with E-state index in [0.717, 1.165) is 16.7 Å². The molecule has 0 saturated heterocycles. The molecular weight excluding hydrogens is 318 g/mol. The van der Waals surface area contributed by atoms with Crippen LogP contribution in [0.3, 0.4) is 0 Å². The Morgan fingerprint density at radius 3 is 1.75 bits per heavy atom. The molecule has 0 aromatic heterocycles. The minimum absolute atomic E-state index is 0.181. The Balaban J connectivity index is 1.91. The van der Waals surface area contributed by atoms with Gasteiger partial charge in [-0.15, -0.1) is 0 Å². The van der Waals surface area contributed by atoms with Crippen molar-refractivity contribution in [2.75, 3.05) is 5.32 Å². The first-order valence-corrected chi connectivity index (χ1v) is 7.99. The van der Waals surface area contributed by atoms with Crippen LogP contribution in [0.15, 0.2) is 91.0 Å². The highest BCUT2D eigenvalue weighted by Gasteiger charge is 2.07. The number of rotatable bonds is 4. The summed E-state index contributed by atoms with van der Waals surface area (Å²) >= 11 is 5.87. The van der Waals surface area contributed by atoms with Gasteiger partial charge in [0.25, 0.3) is 0 Å². The fourth-order valence-corrected chi connectivity index (χ4v) is 2.54. The second kappa shape index (κ2) is 7.62. The molecule has 0 spiro atoms. The van der Waals surface area contributed by atoms with Gasteiger partial charge in [0.2, 0.25) is 5.91 Å². The van der Waals surface area contributed by atoms with Gasteiger partial charge in [0.05, 0.1) is 0 Å². The van der Waals surface area contributed by atoms with Crippen molar-refractivity contribution in [3.63, 3.8) is 0 Å². The van der Waals surface area contributed by atoms with E-state index in [-0.39, 0.29) is 5.91 Å². The van der Waals surface area contributed by atoms with E-state index >= 15 is 0 Å². The van der Waals surface area contributed by atoms with E-state index in [1.165, 1.54) is 0 Å². The summed E-state index contributed by atoms with van der Waals surface area (Å²) in [7, 11) is 0. The number of carbonyl (C=O) groups excluding carboxylic acids is 1. The molecule has 1 amide bonds. The Labute approximate surface area is 146 Å². The lowest BCUT2D eigenvalue weighted by atomic mass is 9.97. The van der Waals surface area contributed by atoms with E-state index in [4.69, 9.17) is 11.6 Å². The molecule has 118 valence electrons. The van der Waals surface area contributed by atoms with Gasteiger partial charge in [0, 0.05) is 16.8 Å². The van der Waals surface area contributed by atoms with Crippen LogP contribution in [0.25, 0.3) is 5.57 Å². The molecule has 0 radical (unpaired) electrons. The number of benzene rings is 3. The van der Waals surface area contributed by atoms with Gasteiger partial charge in [-0.1, -0.05) is 72.3 Å². The third-order valence-electron chi connectivity index (χ3n) is 3.56. The molecule has 0 unspecified atom stereocenters. The molecule has 0 saturated carbocycles. The van der Waals surface area contributed by atoms with Gasteiger partial charge in [-0.3, -0.25) is 4.79 Å². The second-order valence-electron chi connectivity index (χ2n) is 5.29. The molecule has 2 nitrogen and oxygen atoms in total. The molecule has 1 N–H and O–H groups in total. The molecule has 3 aromatic rings. The maximum atomic E-state index is 12.4. The van der Waals surface area contributed by atoms with Crippen molar-refractivity contribution in [3.05, 3.63) is 107 Å². The van der Waals surface area contributed by atoms with Gasteiger partial charge in [-0.05, 0) is 41.0 Å². The summed E-state index contributed by atoms with van der Waals surface area (Å²) in [5, 5.41) is 3.50. The van der Waals surface area contributed by atoms with E-state index in [1.807, 2.05) is 60.7 Å². The molecule has 24 heavy (non-hydrogen) atoms. The zero-order valence-corrected chi connectivity index (χ0v) is 13.7. The quantitative estimate of drug-likeness (QED) is 0.635. The molecule has 3 aromatic carbocycles. The van der Waals surface area contributed by atoms with Crippen LogP contribution < -0.4 is 5.32 Å². The van der Waals surface area contributed by atoms with Crippen LogP contribution in [0.1, 0.15) is 11.1 Å². The first-order valence-electron chi connectivity index (χ1n) is 7.61. The average molecular weight is 334 g/mol. The van der Waals surface area contributed by atoms with E-state index in [2.05, 4.69) is 5.32 Å². The minimum atomic E-state index is -0.181. The number of carbonyl (C=O) groups is 1. The minimum Gasteiger partial charge on any atom is -0.322 e. The Morgan fingerprint density at radius 1 is 0.750 bits per heavy atom. The largest absolute Gasteiger partial charge is 0.322 e. The van der Waals surface area contributed by atoms with Crippen LogP contribution in [0.2, 0.25) is 5.02 Å². The smallest absolute Gasteiger partial charge is 0.249 e. The zero-order chi connectivity index (χ0) is 16.8. The first-order chi connectivity index (χ1) is 11.7. The summed E-state index contributed by atoms with van der Waals surface area (Å²) in [4.78, 5) is 12.4. The summed E-state index contributed by atoms with van der Waals surface area (Å²) in [6.45, 7) is 0. The van der Waals surface area contributed by atoms with Gasteiger partial charge in [0.1, 0.15) is 0 Å². The van der Waals surface area contributed by atoms with Gasteiger partial charge in [-0.2, -0.15) is 0 Å². The number of anilines is 1. The maximum absolute atomic E-state index is 12.4. The number of hydrogen-bond acceptors (Lipinski definition) is 1. The van der Waals surface area contributed by atoms with E-state index < -0.39 is 0 Å². The third kappa shape index (κ3) is 4.12. The summed E-state index contributed by atoms with van der Waals surface area (Å²) in [6, 6.07) is 26.8. The summed E-state index contributed by atoms with van der Waals surface area (Å²) < 4.78 is 0. The van der Waals surface area contributed by atoms with Gasteiger partial charge in [-0.25, -0.2) is 0 Å². The summed E-state index contributed by atoms with van der Waals surface area (Å²) in [6.07, 6.45) is 1.62. The van der Waals surface area contributed by atoms with E-state index in [9.17, 15) is 4.79 Å². The predicted molar refractivity (Wildman–Crippen MR) is 100 cm³/mol. The normalized spacial score (nSPS) is 10.0. The highest BCUT2D eigenvalue weighted by atomic mass is 35.5. The fraction of sp³-hybridized carbons (Fsp3) is 0. The lowest BCUT2D eigenvalue weighted by Crippen LogP contribution is -2.09. The van der Waals surface area contributed by atoms with Crippen LogP contribution >= 0.6 is 11.6 Å². The number of nitrogens with one attached hydrogen (secondary N) is 1. The number of halogens is 1. The van der Waals surface area contributed by atoms with Crippen molar-refractivity contribution in [3.8, 4) is 0 Å². The van der Waals surface area contributed by atoms with Crippen LogP contribution in [-0.4, -0.2) is 5.91 Å². The lowest BCUT2D eigenvalue weighted by molar-refractivity contribution is -0.111. The molecule has 0 fully saturated rings. The molecule has 0 bridgehead atoms. The fourth-order valence-electron chi connectivity index (χ4n) is 2.41. The molecule has 3 rings (SSSR count). The van der Waals surface area contributed by atoms with E-state index in [0.29, 0.717) is 10.7 Å².